The molecule has 0 spiro atoms. The summed E-state index contributed by atoms with van der Waals surface area (Å²) >= 11 is 6.22. The SMILES string of the molecule is CCOc1ccc(C(=O)N[C@H]2CC(C)(C)Oc3ccc(C)cc32)cc1Cl. The molecule has 0 unspecified atom stereocenters. The van der Waals surface area contributed by atoms with Crippen LogP contribution in [-0.4, -0.2) is 18.1 Å². The Hall–Kier alpha value is -2.20. The molecule has 1 atom stereocenters. The normalized spacial score (nSPS) is 17.8. The third-order valence-corrected chi connectivity index (χ3v) is 4.72. The smallest absolute Gasteiger partial charge is 0.251 e. The van der Waals surface area contributed by atoms with Gasteiger partial charge in [0.2, 0.25) is 0 Å². The number of halogens is 1. The molecule has 2 aromatic rings. The first-order chi connectivity index (χ1) is 12.3. The maximum Gasteiger partial charge on any atom is 0.251 e. The van der Waals surface area contributed by atoms with E-state index >= 15 is 0 Å². The van der Waals surface area contributed by atoms with Gasteiger partial charge in [-0.25, -0.2) is 0 Å². The van der Waals surface area contributed by atoms with Crippen LogP contribution >= 0.6 is 11.6 Å². The summed E-state index contributed by atoms with van der Waals surface area (Å²) in [4.78, 5) is 12.8. The van der Waals surface area contributed by atoms with Gasteiger partial charge in [0, 0.05) is 17.5 Å². The van der Waals surface area contributed by atoms with Gasteiger partial charge in [-0.2, -0.15) is 0 Å². The zero-order valence-electron chi connectivity index (χ0n) is 15.6. The number of hydrogen-bond donors (Lipinski definition) is 1. The molecule has 0 bridgehead atoms. The molecule has 0 fully saturated rings. The second-order valence-electron chi connectivity index (χ2n) is 7.21. The number of ether oxygens (including phenoxy) is 2. The lowest BCUT2D eigenvalue weighted by Gasteiger charge is -2.38. The first-order valence-corrected chi connectivity index (χ1v) is 9.19. The molecule has 2 aromatic carbocycles. The molecule has 4 nitrogen and oxygen atoms in total. The number of rotatable bonds is 4. The number of benzene rings is 2. The summed E-state index contributed by atoms with van der Waals surface area (Å²) in [5.74, 6) is 1.24. The highest BCUT2D eigenvalue weighted by molar-refractivity contribution is 6.32. The van der Waals surface area contributed by atoms with E-state index in [1.807, 2.05) is 39.8 Å². The first kappa shape index (κ1) is 18.6. The van der Waals surface area contributed by atoms with Crippen molar-refractivity contribution in [3.05, 3.63) is 58.1 Å². The zero-order valence-corrected chi connectivity index (χ0v) is 16.3. The maximum absolute atomic E-state index is 12.8. The number of fused-ring (bicyclic) bond motifs is 1. The number of carbonyl (C=O) groups excluding carboxylic acids is 1. The van der Waals surface area contributed by atoms with Gasteiger partial charge < -0.3 is 14.8 Å². The Labute approximate surface area is 159 Å². The van der Waals surface area contributed by atoms with E-state index in [2.05, 4.69) is 11.4 Å². The molecular formula is C21H24ClNO3. The van der Waals surface area contributed by atoms with E-state index in [0.717, 1.165) is 16.9 Å². The second-order valence-corrected chi connectivity index (χ2v) is 7.62. The summed E-state index contributed by atoms with van der Waals surface area (Å²) in [5, 5.41) is 3.57. The molecule has 1 heterocycles. The average molecular weight is 374 g/mol. The van der Waals surface area contributed by atoms with Crippen molar-refractivity contribution in [2.75, 3.05) is 6.61 Å². The van der Waals surface area contributed by atoms with E-state index in [1.54, 1.807) is 18.2 Å². The topological polar surface area (TPSA) is 47.6 Å². The zero-order chi connectivity index (χ0) is 18.9. The third kappa shape index (κ3) is 3.96. The standard InChI is InChI=1S/C21H24ClNO3/c1-5-25-19-9-7-14(11-16(19)22)20(24)23-17-12-21(3,4)26-18-8-6-13(2)10-15(17)18/h6-11,17H,5,12H2,1-4H3,(H,23,24)/t17-/m0/s1. The predicted molar refractivity (Wildman–Crippen MR) is 103 cm³/mol. The lowest BCUT2D eigenvalue weighted by Crippen LogP contribution is -2.41. The third-order valence-electron chi connectivity index (χ3n) is 4.42. The molecule has 26 heavy (non-hydrogen) atoms. The van der Waals surface area contributed by atoms with Crippen molar-refractivity contribution in [3.8, 4) is 11.5 Å². The van der Waals surface area contributed by atoms with Crippen molar-refractivity contribution < 1.29 is 14.3 Å². The van der Waals surface area contributed by atoms with Gasteiger partial charge in [0.15, 0.2) is 0 Å². The first-order valence-electron chi connectivity index (χ1n) is 8.82. The van der Waals surface area contributed by atoms with Crippen molar-refractivity contribution in [3.63, 3.8) is 0 Å². The van der Waals surface area contributed by atoms with Crippen molar-refractivity contribution >= 4 is 17.5 Å². The number of carbonyl (C=O) groups is 1. The molecule has 0 aromatic heterocycles. The van der Waals surface area contributed by atoms with Crippen LogP contribution in [0.25, 0.3) is 0 Å². The minimum Gasteiger partial charge on any atom is -0.492 e. The van der Waals surface area contributed by atoms with Crippen LogP contribution in [0.15, 0.2) is 36.4 Å². The summed E-state index contributed by atoms with van der Waals surface area (Å²) in [6.45, 7) is 8.51. The lowest BCUT2D eigenvalue weighted by molar-refractivity contribution is 0.0619. The predicted octanol–water partition coefficient (Wildman–Crippen LogP) is 5.08. The molecule has 0 aliphatic carbocycles. The van der Waals surface area contributed by atoms with Gasteiger partial charge in [0.1, 0.15) is 17.1 Å². The molecule has 0 saturated heterocycles. The van der Waals surface area contributed by atoms with Gasteiger partial charge >= 0.3 is 0 Å². The fraction of sp³-hybridized carbons (Fsp3) is 0.381. The van der Waals surface area contributed by atoms with Crippen molar-refractivity contribution in [1.82, 2.24) is 5.32 Å². The summed E-state index contributed by atoms with van der Waals surface area (Å²) in [6.07, 6.45) is 0.694. The maximum atomic E-state index is 12.8. The summed E-state index contributed by atoms with van der Waals surface area (Å²) in [6, 6.07) is 11.0. The van der Waals surface area contributed by atoms with Crippen LogP contribution in [0.5, 0.6) is 11.5 Å². The Morgan fingerprint density at radius 1 is 1.31 bits per heavy atom. The minimum atomic E-state index is -0.351. The molecule has 138 valence electrons. The van der Waals surface area contributed by atoms with E-state index < -0.39 is 0 Å². The molecule has 0 saturated carbocycles. The van der Waals surface area contributed by atoms with Crippen LogP contribution < -0.4 is 14.8 Å². The van der Waals surface area contributed by atoms with Crippen LogP contribution in [0, 0.1) is 6.92 Å². The largest absolute Gasteiger partial charge is 0.492 e. The van der Waals surface area contributed by atoms with Gasteiger partial charge in [-0.1, -0.05) is 29.3 Å². The Bertz CT molecular complexity index is 832. The summed E-state index contributed by atoms with van der Waals surface area (Å²) in [5.41, 5.74) is 2.30. The van der Waals surface area contributed by atoms with Gasteiger partial charge in [-0.3, -0.25) is 4.79 Å². The van der Waals surface area contributed by atoms with Crippen molar-refractivity contribution in [2.45, 2.75) is 45.8 Å². The average Bonchev–Trinajstić information content (AvgIpc) is 2.56. The second kappa shape index (κ2) is 7.20. The van der Waals surface area contributed by atoms with E-state index in [9.17, 15) is 4.79 Å². The van der Waals surface area contributed by atoms with Crippen LogP contribution in [0.2, 0.25) is 5.02 Å². The fourth-order valence-electron chi connectivity index (χ4n) is 3.26. The highest BCUT2D eigenvalue weighted by Gasteiger charge is 2.34. The van der Waals surface area contributed by atoms with Crippen LogP contribution in [-0.2, 0) is 0 Å². The Morgan fingerprint density at radius 3 is 2.77 bits per heavy atom. The molecule has 1 N–H and O–H groups in total. The molecule has 1 amide bonds. The highest BCUT2D eigenvalue weighted by Crippen LogP contribution is 2.40. The Morgan fingerprint density at radius 2 is 2.08 bits per heavy atom. The summed E-state index contributed by atoms with van der Waals surface area (Å²) in [7, 11) is 0. The minimum absolute atomic E-state index is 0.119. The fourth-order valence-corrected chi connectivity index (χ4v) is 3.49. The molecular weight excluding hydrogens is 350 g/mol. The quantitative estimate of drug-likeness (QED) is 0.812. The molecule has 1 aliphatic heterocycles. The van der Waals surface area contributed by atoms with Crippen LogP contribution in [0.1, 0.15) is 54.7 Å². The van der Waals surface area contributed by atoms with Crippen LogP contribution in [0.3, 0.4) is 0 Å². The van der Waals surface area contributed by atoms with E-state index in [0.29, 0.717) is 29.4 Å². The molecule has 5 heteroatoms. The lowest BCUT2D eigenvalue weighted by atomic mass is 9.88. The monoisotopic (exact) mass is 373 g/mol. The van der Waals surface area contributed by atoms with E-state index in [-0.39, 0.29) is 17.6 Å². The number of hydrogen-bond acceptors (Lipinski definition) is 3. The Kier molecular flexibility index (Phi) is 5.15. The van der Waals surface area contributed by atoms with E-state index in [1.165, 1.54) is 0 Å². The number of aryl methyl sites for hydroxylation is 1. The van der Waals surface area contributed by atoms with Crippen molar-refractivity contribution in [1.29, 1.82) is 0 Å². The highest BCUT2D eigenvalue weighted by atomic mass is 35.5. The van der Waals surface area contributed by atoms with Gasteiger partial charge in [-0.05, 0) is 52.0 Å². The van der Waals surface area contributed by atoms with Crippen molar-refractivity contribution in [2.24, 2.45) is 0 Å². The van der Waals surface area contributed by atoms with E-state index in [4.69, 9.17) is 21.1 Å². The van der Waals surface area contributed by atoms with Crippen LogP contribution in [0.4, 0.5) is 0 Å². The molecule has 0 radical (unpaired) electrons. The van der Waals surface area contributed by atoms with Gasteiger partial charge in [0.05, 0.1) is 17.7 Å². The molecule has 1 aliphatic rings. The number of amides is 1. The molecule has 3 rings (SSSR count). The Balaban J connectivity index is 1.85. The van der Waals surface area contributed by atoms with Gasteiger partial charge in [-0.15, -0.1) is 0 Å². The number of nitrogens with one attached hydrogen (secondary N) is 1. The van der Waals surface area contributed by atoms with Gasteiger partial charge in [0.25, 0.3) is 5.91 Å². The summed E-state index contributed by atoms with van der Waals surface area (Å²) < 4.78 is 11.5.